The summed E-state index contributed by atoms with van der Waals surface area (Å²) in [6.07, 6.45) is 6.84. The van der Waals surface area contributed by atoms with Crippen LogP contribution in [-0.4, -0.2) is 19.3 Å². The molecule has 3 nitrogen and oxygen atoms in total. The molecule has 0 unspecified atom stereocenters. The zero-order chi connectivity index (χ0) is 11.9. The molecule has 0 bridgehead atoms. The van der Waals surface area contributed by atoms with Crippen LogP contribution in [0.25, 0.3) is 0 Å². The van der Waals surface area contributed by atoms with E-state index in [1.165, 1.54) is 32.1 Å². The normalized spacial score (nSPS) is 16.9. The molecule has 1 aliphatic carbocycles. The summed E-state index contributed by atoms with van der Waals surface area (Å²) in [5.74, 6) is 0.817. The second-order valence-corrected chi connectivity index (χ2v) is 4.55. The highest BCUT2D eigenvalue weighted by Gasteiger charge is 2.13. The lowest BCUT2D eigenvalue weighted by atomic mass is 9.98. The Morgan fingerprint density at radius 1 is 1.12 bits per heavy atom. The van der Waals surface area contributed by atoms with Crippen LogP contribution in [0.5, 0.6) is 5.75 Å². The molecule has 1 fully saturated rings. The molecule has 2 N–H and O–H groups in total. The van der Waals surface area contributed by atoms with Gasteiger partial charge in [0.2, 0.25) is 0 Å². The predicted octanol–water partition coefficient (Wildman–Crippen LogP) is 3.00. The highest BCUT2D eigenvalue weighted by atomic mass is 16.5. The highest BCUT2D eigenvalue weighted by molar-refractivity contribution is 5.43. The summed E-state index contributed by atoms with van der Waals surface area (Å²) in [4.78, 5) is 0. The molecular formula is C14H21NO2. The Kier molecular flexibility index (Phi) is 4.68. The smallest absolute Gasteiger partial charge is 0.121 e. The highest BCUT2D eigenvalue weighted by Crippen LogP contribution is 2.20. The van der Waals surface area contributed by atoms with Crippen LogP contribution in [-0.2, 0) is 4.74 Å². The Morgan fingerprint density at radius 2 is 1.94 bits per heavy atom. The summed E-state index contributed by atoms with van der Waals surface area (Å²) in [6, 6.07) is 7.50. The lowest BCUT2D eigenvalue weighted by molar-refractivity contribution is 0.0129. The largest absolute Gasteiger partial charge is 0.491 e. The Labute approximate surface area is 103 Å². The number of anilines is 1. The van der Waals surface area contributed by atoms with Crippen LogP contribution < -0.4 is 10.5 Å². The van der Waals surface area contributed by atoms with Gasteiger partial charge in [-0.15, -0.1) is 0 Å². The van der Waals surface area contributed by atoms with Gasteiger partial charge >= 0.3 is 0 Å². The molecule has 0 amide bonds. The molecule has 0 heterocycles. The molecule has 3 heteroatoms. The van der Waals surface area contributed by atoms with Gasteiger partial charge in [-0.1, -0.05) is 25.3 Å². The topological polar surface area (TPSA) is 44.5 Å². The fraction of sp³-hybridized carbons (Fsp3) is 0.571. The minimum absolute atomic E-state index is 0.452. The molecule has 0 aliphatic heterocycles. The van der Waals surface area contributed by atoms with E-state index in [4.69, 9.17) is 15.2 Å². The summed E-state index contributed by atoms with van der Waals surface area (Å²) in [5.41, 5.74) is 6.40. The Balaban J connectivity index is 1.62. The van der Waals surface area contributed by atoms with E-state index in [9.17, 15) is 0 Å². The molecule has 0 spiro atoms. The van der Waals surface area contributed by atoms with E-state index >= 15 is 0 Å². The van der Waals surface area contributed by atoms with Gasteiger partial charge in [0.15, 0.2) is 0 Å². The molecule has 0 radical (unpaired) electrons. The first-order valence-electron chi connectivity index (χ1n) is 6.44. The van der Waals surface area contributed by atoms with Crippen LogP contribution in [0.4, 0.5) is 5.69 Å². The lowest BCUT2D eigenvalue weighted by Crippen LogP contribution is -2.19. The van der Waals surface area contributed by atoms with E-state index in [0.29, 0.717) is 19.3 Å². The van der Waals surface area contributed by atoms with Crippen molar-refractivity contribution in [3.63, 3.8) is 0 Å². The van der Waals surface area contributed by atoms with Gasteiger partial charge in [0.05, 0.1) is 12.7 Å². The molecule has 17 heavy (non-hydrogen) atoms. The van der Waals surface area contributed by atoms with E-state index in [-0.39, 0.29) is 0 Å². The first-order chi connectivity index (χ1) is 8.34. The van der Waals surface area contributed by atoms with Crippen LogP contribution in [0, 0.1) is 0 Å². The fourth-order valence-corrected chi connectivity index (χ4v) is 2.21. The summed E-state index contributed by atoms with van der Waals surface area (Å²) < 4.78 is 11.4. The van der Waals surface area contributed by atoms with Crippen LogP contribution in [0.1, 0.15) is 32.1 Å². The minimum Gasteiger partial charge on any atom is -0.491 e. The SMILES string of the molecule is Nc1cccc(OCCOC2CCCCC2)c1. The maximum atomic E-state index is 5.78. The van der Waals surface area contributed by atoms with Crippen LogP contribution in [0.15, 0.2) is 24.3 Å². The van der Waals surface area contributed by atoms with Crippen molar-refractivity contribution in [3.8, 4) is 5.75 Å². The second kappa shape index (κ2) is 6.50. The number of hydrogen-bond acceptors (Lipinski definition) is 3. The van der Waals surface area contributed by atoms with Gasteiger partial charge in [-0.25, -0.2) is 0 Å². The first kappa shape index (κ1) is 12.2. The molecule has 1 aromatic carbocycles. The van der Waals surface area contributed by atoms with Crippen molar-refractivity contribution in [3.05, 3.63) is 24.3 Å². The molecule has 0 saturated heterocycles. The molecule has 1 aromatic rings. The number of benzene rings is 1. The van der Waals surface area contributed by atoms with Gasteiger partial charge in [-0.2, -0.15) is 0 Å². The summed E-state index contributed by atoms with van der Waals surface area (Å²) in [6.45, 7) is 1.26. The van der Waals surface area contributed by atoms with Crippen molar-refractivity contribution < 1.29 is 9.47 Å². The fourth-order valence-electron chi connectivity index (χ4n) is 2.21. The standard InChI is InChI=1S/C14H21NO2/c15-12-5-4-8-14(11-12)17-10-9-16-13-6-2-1-3-7-13/h4-5,8,11,13H,1-3,6-7,9-10,15H2. The summed E-state index contributed by atoms with van der Waals surface area (Å²) >= 11 is 0. The van der Waals surface area contributed by atoms with Crippen LogP contribution >= 0.6 is 0 Å². The lowest BCUT2D eigenvalue weighted by Gasteiger charge is -2.21. The van der Waals surface area contributed by atoms with E-state index in [1.54, 1.807) is 0 Å². The molecule has 2 rings (SSSR count). The van der Waals surface area contributed by atoms with Gasteiger partial charge in [0.25, 0.3) is 0 Å². The Hall–Kier alpha value is -1.22. The predicted molar refractivity (Wildman–Crippen MR) is 69.2 cm³/mol. The van der Waals surface area contributed by atoms with E-state index in [2.05, 4.69) is 0 Å². The molecular weight excluding hydrogens is 214 g/mol. The number of nitrogen functional groups attached to an aromatic ring is 1. The van der Waals surface area contributed by atoms with Gasteiger partial charge in [0, 0.05) is 11.8 Å². The van der Waals surface area contributed by atoms with Crippen molar-refractivity contribution in [2.45, 2.75) is 38.2 Å². The first-order valence-corrected chi connectivity index (χ1v) is 6.44. The van der Waals surface area contributed by atoms with Crippen LogP contribution in [0.2, 0.25) is 0 Å². The van der Waals surface area contributed by atoms with Crippen molar-refractivity contribution >= 4 is 5.69 Å². The average molecular weight is 235 g/mol. The van der Waals surface area contributed by atoms with Gasteiger partial charge in [-0.3, -0.25) is 0 Å². The van der Waals surface area contributed by atoms with E-state index in [0.717, 1.165) is 11.4 Å². The number of hydrogen-bond donors (Lipinski definition) is 1. The third kappa shape index (κ3) is 4.27. The number of nitrogens with two attached hydrogens (primary N) is 1. The minimum atomic E-state index is 0.452. The maximum absolute atomic E-state index is 5.78. The zero-order valence-electron chi connectivity index (χ0n) is 10.2. The summed E-state index contributed by atoms with van der Waals surface area (Å²) in [7, 11) is 0. The number of rotatable bonds is 5. The molecule has 94 valence electrons. The molecule has 0 atom stereocenters. The Bertz CT molecular complexity index is 335. The van der Waals surface area contributed by atoms with Gasteiger partial charge in [0.1, 0.15) is 12.4 Å². The van der Waals surface area contributed by atoms with Gasteiger partial charge in [-0.05, 0) is 25.0 Å². The average Bonchev–Trinajstić information content (AvgIpc) is 2.36. The third-order valence-electron chi connectivity index (χ3n) is 3.12. The van der Waals surface area contributed by atoms with Crippen molar-refractivity contribution in [1.29, 1.82) is 0 Å². The maximum Gasteiger partial charge on any atom is 0.121 e. The molecule has 0 aromatic heterocycles. The van der Waals surface area contributed by atoms with E-state index in [1.807, 2.05) is 24.3 Å². The summed E-state index contributed by atoms with van der Waals surface area (Å²) in [5, 5.41) is 0. The van der Waals surface area contributed by atoms with Gasteiger partial charge < -0.3 is 15.2 Å². The van der Waals surface area contributed by atoms with E-state index < -0.39 is 0 Å². The van der Waals surface area contributed by atoms with Crippen molar-refractivity contribution in [2.75, 3.05) is 18.9 Å². The number of ether oxygens (including phenoxy) is 2. The molecule has 1 aliphatic rings. The van der Waals surface area contributed by atoms with Crippen LogP contribution in [0.3, 0.4) is 0 Å². The Morgan fingerprint density at radius 3 is 2.71 bits per heavy atom. The van der Waals surface area contributed by atoms with Crippen molar-refractivity contribution in [1.82, 2.24) is 0 Å². The molecule has 1 saturated carbocycles. The zero-order valence-corrected chi connectivity index (χ0v) is 10.2. The monoisotopic (exact) mass is 235 g/mol. The van der Waals surface area contributed by atoms with Crippen molar-refractivity contribution in [2.24, 2.45) is 0 Å². The third-order valence-corrected chi connectivity index (χ3v) is 3.12. The quantitative estimate of drug-likeness (QED) is 0.630. The second-order valence-electron chi connectivity index (χ2n) is 4.55.